The predicted molar refractivity (Wildman–Crippen MR) is 72.8 cm³/mol. The van der Waals surface area contributed by atoms with Crippen LogP contribution in [0.25, 0.3) is 0 Å². The highest BCUT2D eigenvalue weighted by molar-refractivity contribution is 6.43. The van der Waals surface area contributed by atoms with Crippen LogP contribution in [-0.2, 0) is 6.54 Å². The fourth-order valence-electron chi connectivity index (χ4n) is 1.44. The maximum absolute atomic E-state index is 6.07. The molecule has 0 bridgehead atoms. The van der Waals surface area contributed by atoms with Gasteiger partial charge in [0, 0.05) is 18.4 Å². The molecule has 0 aliphatic rings. The fourth-order valence-corrected chi connectivity index (χ4v) is 1.81. The molecule has 0 unspecified atom stereocenters. The van der Waals surface area contributed by atoms with Crippen LogP contribution in [0.5, 0.6) is 0 Å². The first-order valence-electron chi connectivity index (χ1n) is 5.26. The number of nitrogens with one attached hydrogen (secondary N) is 1. The second-order valence-corrected chi connectivity index (χ2v) is 4.55. The van der Waals surface area contributed by atoms with Crippen molar-refractivity contribution >= 4 is 28.9 Å². The lowest BCUT2D eigenvalue weighted by atomic mass is 10.2. The van der Waals surface area contributed by atoms with E-state index in [1.54, 1.807) is 6.07 Å². The Labute approximate surface area is 111 Å². The van der Waals surface area contributed by atoms with Crippen molar-refractivity contribution in [3.8, 4) is 0 Å². The Morgan fingerprint density at radius 1 is 1.18 bits per heavy atom. The average Bonchev–Trinajstić information content (AvgIpc) is 2.33. The number of benzene rings is 1. The molecule has 0 atom stereocenters. The van der Waals surface area contributed by atoms with Crippen LogP contribution in [0.3, 0.4) is 0 Å². The van der Waals surface area contributed by atoms with E-state index in [0.717, 1.165) is 16.9 Å². The summed E-state index contributed by atoms with van der Waals surface area (Å²) in [6.45, 7) is 2.64. The molecule has 1 aromatic carbocycles. The number of rotatable bonds is 3. The van der Waals surface area contributed by atoms with E-state index in [0.29, 0.717) is 16.6 Å². The summed E-state index contributed by atoms with van der Waals surface area (Å²) in [5, 5.41) is 4.34. The molecule has 1 heterocycles. The second-order valence-electron chi connectivity index (χ2n) is 3.76. The van der Waals surface area contributed by atoms with E-state index in [2.05, 4.69) is 10.3 Å². The molecule has 0 radical (unpaired) electrons. The van der Waals surface area contributed by atoms with Gasteiger partial charge in [-0.05, 0) is 30.7 Å². The molecule has 0 fully saturated rings. The smallest absolute Gasteiger partial charge is 0.0823 e. The van der Waals surface area contributed by atoms with Gasteiger partial charge in [0.1, 0.15) is 0 Å². The normalized spacial score (nSPS) is 10.3. The molecule has 2 aromatic rings. The molecular formula is C13H12Cl2N2. The molecule has 0 aliphatic carbocycles. The minimum Gasteiger partial charge on any atom is -0.380 e. The molecule has 88 valence electrons. The third kappa shape index (κ3) is 3.11. The summed E-state index contributed by atoms with van der Waals surface area (Å²) in [5.74, 6) is 0. The van der Waals surface area contributed by atoms with Gasteiger partial charge in [-0.3, -0.25) is 4.98 Å². The van der Waals surface area contributed by atoms with E-state index in [-0.39, 0.29) is 0 Å². The average molecular weight is 267 g/mol. The van der Waals surface area contributed by atoms with Crippen molar-refractivity contribution in [3.05, 3.63) is 57.8 Å². The van der Waals surface area contributed by atoms with Crippen molar-refractivity contribution in [2.45, 2.75) is 13.5 Å². The number of aryl methyl sites for hydroxylation is 1. The lowest BCUT2D eigenvalue weighted by Gasteiger charge is -2.09. The predicted octanol–water partition coefficient (Wildman–Crippen LogP) is 4.31. The van der Waals surface area contributed by atoms with Crippen LogP contribution in [0.2, 0.25) is 10.0 Å². The van der Waals surface area contributed by atoms with Crippen LogP contribution in [0, 0.1) is 6.92 Å². The first-order valence-corrected chi connectivity index (χ1v) is 6.02. The van der Waals surface area contributed by atoms with Gasteiger partial charge in [0.2, 0.25) is 0 Å². The van der Waals surface area contributed by atoms with Gasteiger partial charge in [0.15, 0.2) is 0 Å². The minimum atomic E-state index is 0.550. The Bertz CT molecular complexity index is 509. The highest BCUT2D eigenvalue weighted by Crippen LogP contribution is 2.29. The molecule has 17 heavy (non-hydrogen) atoms. The first kappa shape index (κ1) is 12.2. The van der Waals surface area contributed by atoms with Crippen LogP contribution >= 0.6 is 23.2 Å². The summed E-state index contributed by atoms with van der Waals surface area (Å²) in [6, 6.07) is 9.55. The molecule has 0 aliphatic heterocycles. The number of halogens is 2. The van der Waals surface area contributed by atoms with E-state index >= 15 is 0 Å². The van der Waals surface area contributed by atoms with E-state index < -0.39 is 0 Å². The third-order valence-corrected chi connectivity index (χ3v) is 3.23. The van der Waals surface area contributed by atoms with E-state index in [1.807, 2.05) is 37.4 Å². The van der Waals surface area contributed by atoms with E-state index in [9.17, 15) is 0 Å². The van der Waals surface area contributed by atoms with Gasteiger partial charge in [-0.25, -0.2) is 0 Å². The van der Waals surface area contributed by atoms with Crippen molar-refractivity contribution in [1.82, 2.24) is 4.98 Å². The summed E-state index contributed by atoms with van der Waals surface area (Å²) in [6.07, 6.45) is 1.85. The summed E-state index contributed by atoms with van der Waals surface area (Å²) in [4.78, 5) is 4.23. The highest BCUT2D eigenvalue weighted by atomic mass is 35.5. The molecule has 0 saturated heterocycles. The summed E-state index contributed by atoms with van der Waals surface area (Å²) < 4.78 is 0. The summed E-state index contributed by atoms with van der Waals surface area (Å²) >= 11 is 12.0. The van der Waals surface area contributed by atoms with Crippen molar-refractivity contribution in [3.63, 3.8) is 0 Å². The monoisotopic (exact) mass is 266 g/mol. The van der Waals surface area contributed by atoms with Crippen molar-refractivity contribution in [1.29, 1.82) is 0 Å². The summed E-state index contributed by atoms with van der Waals surface area (Å²) in [5.41, 5.74) is 2.95. The van der Waals surface area contributed by atoms with E-state index in [4.69, 9.17) is 23.2 Å². The van der Waals surface area contributed by atoms with Gasteiger partial charge < -0.3 is 5.32 Å². The van der Waals surface area contributed by atoms with Gasteiger partial charge in [-0.2, -0.15) is 0 Å². The zero-order valence-corrected chi connectivity index (χ0v) is 10.9. The summed E-state index contributed by atoms with van der Waals surface area (Å²) in [7, 11) is 0. The van der Waals surface area contributed by atoms with Gasteiger partial charge in [0.05, 0.1) is 15.7 Å². The van der Waals surface area contributed by atoms with Crippen LogP contribution in [0.4, 0.5) is 5.69 Å². The lowest BCUT2D eigenvalue weighted by molar-refractivity contribution is 1.09. The number of pyridine rings is 1. The maximum atomic E-state index is 6.07. The Balaban J connectivity index is 2.07. The zero-order chi connectivity index (χ0) is 12.3. The molecule has 0 saturated carbocycles. The van der Waals surface area contributed by atoms with Crippen molar-refractivity contribution in [2.75, 3.05) is 5.32 Å². The molecule has 2 rings (SSSR count). The van der Waals surface area contributed by atoms with Crippen LogP contribution < -0.4 is 5.32 Å². The SMILES string of the molecule is Cc1ccc(CNc2cccc(Cl)c2Cl)cn1. The highest BCUT2D eigenvalue weighted by Gasteiger charge is 2.03. The Kier molecular flexibility index (Phi) is 3.87. The number of anilines is 1. The van der Waals surface area contributed by atoms with Gasteiger partial charge in [0.25, 0.3) is 0 Å². The van der Waals surface area contributed by atoms with Gasteiger partial charge in [-0.1, -0.05) is 35.3 Å². The molecule has 4 heteroatoms. The molecule has 1 aromatic heterocycles. The standard InChI is InChI=1S/C13H12Cl2N2/c1-9-5-6-10(7-16-9)8-17-12-4-2-3-11(14)13(12)15/h2-7,17H,8H2,1H3. The quantitative estimate of drug-likeness (QED) is 0.896. The molecule has 0 amide bonds. The van der Waals surface area contributed by atoms with Crippen molar-refractivity contribution < 1.29 is 0 Å². The lowest BCUT2D eigenvalue weighted by Crippen LogP contribution is -2.00. The van der Waals surface area contributed by atoms with Crippen molar-refractivity contribution in [2.24, 2.45) is 0 Å². The Hall–Kier alpha value is -1.25. The molecule has 0 spiro atoms. The van der Waals surface area contributed by atoms with Crippen LogP contribution in [-0.4, -0.2) is 4.98 Å². The zero-order valence-electron chi connectivity index (χ0n) is 9.37. The minimum absolute atomic E-state index is 0.550. The molecule has 2 nitrogen and oxygen atoms in total. The fraction of sp³-hybridized carbons (Fsp3) is 0.154. The number of nitrogens with zero attached hydrogens (tertiary/aromatic N) is 1. The topological polar surface area (TPSA) is 24.9 Å². The third-order valence-electron chi connectivity index (χ3n) is 2.41. The van der Waals surface area contributed by atoms with Gasteiger partial charge in [-0.15, -0.1) is 0 Å². The van der Waals surface area contributed by atoms with Crippen LogP contribution in [0.15, 0.2) is 36.5 Å². The molecule has 1 N–H and O–H groups in total. The number of aromatic nitrogens is 1. The molecular weight excluding hydrogens is 255 g/mol. The first-order chi connectivity index (χ1) is 8.16. The van der Waals surface area contributed by atoms with Gasteiger partial charge >= 0.3 is 0 Å². The Morgan fingerprint density at radius 3 is 2.71 bits per heavy atom. The number of hydrogen-bond donors (Lipinski definition) is 1. The second kappa shape index (κ2) is 5.39. The maximum Gasteiger partial charge on any atom is 0.0823 e. The van der Waals surface area contributed by atoms with E-state index in [1.165, 1.54) is 0 Å². The number of hydrogen-bond acceptors (Lipinski definition) is 2. The van der Waals surface area contributed by atoms with Crippen LogP contribution in [0.1, 0.15) is 11.3 Å². The Morgan fingerprint density at radius 2 is 2.00 bits per heavy atom. The largest absolute Gasteiger partial charge is 0.380 e.